The number of hydrogen-bond donors (Lipinski definition) is 1. The molecule has 0 saturated carbocycles. The largest absolute Gasteiger partial charge is 0.388 e. The van der Waals surface area contributed by atoms with Gasteiger partial charge in [0.15, 0.2) is 12.5 Å². The van der Waals surface area contributed by atoms with Crippen LogP contribution in [-0.2, 0) is 14.3 Å². The number of aliphatic hydroxyl groups excluding tert-OH is 1. The first-order chi connectivity index (χ1) is 12.7. The van der Waals surface area contributed by atoms with Gasteiger partial charge in [-0.3, -0.25) is 9.59 Å². The third kappa shape index (κ3) is 4.18. The standard InChI is InChI=1S/C21H23NO4/c23-14-21-22(18(15-26-21)16-8-3-1-4-9-16)20(25)13-7-12-19(24)17-10-5-2-6-11-17/h1-6,8-11,14,18-19,21,24H,7,12-13,15H2. The molecule has 1 fully saturated rings. The molecule has 0 radical (unpaired) electrons. The Kier molecular flexibility index (Phi) is 6.15. The van der Waals surface area contributed by atoms with Crippen LogP contribution in [-0.4, -0.2) is 35.0 Å². The lowest BCUT2D eigenvalue weighted by molar-refractivity contribution is -0.142. The summed E-state index contributed by atoms with van der Waals surface area (Å²) in [6.07, 6.45) is 0.531. The first-order valence-corrected chi connectivity index (χ1v) is 8.86. The molecular formula is C21H23NO4. The third-order valence-corrected chi connectivity index (χ3v) is 4.68. The number of carbonyl (C=O) groups is 2. The second-order valence-corrected chi connectivity index (χ2v) is 6.41. The van der Waals surface area contributed by atoms with Gasteiger partial charge in [-0.15, -0.1) is 0 Å². The third-order valence-electron chi connectivity index (χ3n) is 4.68. The van der Waals surface area contributed by atoms with E-state index in [1.165, 1.54) is 4.90 Å². The molecule has 1 N–H and O–H groups in total. The minimum atomic E-state index is -0.841. The Bertz CT molecular complexity index is 719. The number of nitrogens with zero attached hydrogens (tertiary/aromatic N) is 1. The fourth-order valence-electron chi connectivity index (χ4n) is 3.30. The molecule has 1 saturated heterocycles. The summed E-state index contributed by atoms with van der Waals surface area (Å²) < 4.78 is 5.49. The van der Waals surface area contributed by atoms with Crippen molar-refractivity contribution in [2.24, 2.45) is 0 Å². The molecule has 1 aliphatic rings. The van der Waals surface area contributed by atoms with Crippen LogP contribution >= 0.6 is 0 Å². The summed E-state index contributed by atoms with van der Waals surface area (Å²) in [4.78, 5) is 25.6. The SMILES string of the molecule is O=CC1OCC(c2ccccc2)N1C(=O)CCCC(O)c1ccccc1. The van der Waals surface area contributed by atoms with Crippen molar-refractivity contribution < 1.29 is 19.4 Å². The van der Waals surface area contributed by atoms with Crippen LogP contribution in [0.25, 0.3) is 0 Å². The van der Waals surface area contributed by atoms with Crippen molar-refractivity contribution in [3.05, 3.63) is 71.8 Å². The zero-order valence-corrected chi connectivity index (χ0v) is 14.5. The molecule has 5 heteroatoms. The fraction of sp³-hybridized carbons (Fsp3) is 0.333. The number of aliphatic hydroxyl groups is 1. The van der Waals surface area contributed by atoms with E-state index in [-0.39, 0.29) is 18.4 Å². The maximum Gasteiger partial charge on any atom is 0.225 e. The quantitative estimate of drug-likeness (QED) is 0.777. The Hall–Kier alpha value is -2.50. The summed E-state index contributed by atoms with van der Waals surface area (Å²) in [5.74, 6) is -0.131. The predicted octanol–water partition coefficient (Wildman–Crippen LogP) is 3.02. The Morgan fingerprint density at radius 3 is 2.46 bits per heavy atom. The number of hydrogen-bond acceptors (Lipinski definition) is 4. The summed E-state index contributed by atoms with van der Waals surface area (Å²) >= 11 is 0. The molecule has 3 rings (SSSR count). The zero-order valence-electron chi connectivity index (χ0n) is 14.5. The van der Waals surface area contributed by atoms with Gasteiger partial charge in [-0.1, -0.05) is 60.7 Å². The zero-order chi connectivity index (χ0) is 18.4. The highest BCUT2D eigenvalue weighted by Gasteiger charge is 2.38. The molecule has 3 unspecified atom stereocenters. The van der Waals surface area contributed by atoms with Crippen molar-refractivity contribution in [2.45, 2.75) is 37.6 Å². The second-order valence-electron chi connectivity index (χ2n) is 6.41. The smallest absolute Gasteiger partial charge is 0.225 e. The second kappa shape index (κ2) is 8.74. The fourth-order valence-corrected chi connectivity index (χ4v) is 3.30. The van der Waals surface area contributed by atoms with E-state index in [0.29, 0.717) is 25.7 Å². The molecule has 0 aromatic heterocycles. The van der Waals surface area contributed by atoms with Crippen LogP contribution in [0, 0.1) is 0 Å². The van der Waals surface area contributed by atoms with Crippen molar-refractivity contribution in [3.8, 4) is 0 Å². The van der Waals surface area contributed by atoms with Gasteiger partial charge in [-0.05, 0) is 24.0 Å². The van der Waals surface area contributed by atoms with Crippen LogP contribution in [0.1, 0.15) is 42.5 Å². The summed E-state index contributed by atoms with van der Waals surface area (Å²) in [5.41, 5.74) is 1.80. The van der Waals surface area contributed by atoms with E-state index < -0.39 is 12.3 Å². The van der Waals surface area contributed by atoms with E-state index in [2.05, 4.69) is 0 Å². The van der Waals surface area contributed by atoms with Crippen LogP contribution in [0.4, 0.5) is 0 Å². The van der Waals surface area contributed by atoms with E-state index in [4.69, 9.17) is 4.74 Å². The highest BCUT2D eigenvalue weighted by Crippen LogP contribution is 2.31. The van der Waals surface area contributed by atoms with Crippen molar-refractivity contribution >= 4 is 12.2 Å². The summed E-state index contributed by atoms with van der Waals surface area (Å²) in [7, 11) is 0. The molecule has 5 nitrogen and oxygen atoms in total. The molecule has 136 valence electrons. The van der Waals surface area contributed by atoms with Gasteiger partial charge in [0.05, 0.1) is 18.8 Å². The maximum absolute atomic E-state index is 12.7. The predicted molar refractivity (Wildman–Crippen MR) is 97.1 cm³/mol. The number of benzene rings is 2. The van der Waals surface area contributed by atoms with Crippen LogP contribution in [0.2, 0.25) is 0 Å². The first-order valence-electron chi connectivity index (χ1n) is 8.86. The number of rotatable bonds is 7. The molecule has 2 aromatic carbocycles. The number of amides is 1. The lowest BCUT2D eigenvalue weighted by Gasteiger charge is -2.26. The van der Waals surface area contributed by atoms with Gasteiger partial charge in [0.2, 0.25) is 5.91 Å². The molecular weight excluding hydrogens is 330 g/mol. The van der Waals surface area contributed by atoms with E-state index >= 15 is 0 Å². The molecule has 0 spiro atoms. The van der Waals surface area contributed by atoms with Crippen LogP contribution in [0.3, 0.4) is 0 Å². The lowest BCUT2D eigenvalue weighted by atomic mass is 10.0. The Labute approximate surface area is 153 Å². The molecule has 2 aromatic rings. The average molecular weight is 353 g/mol. The monoisotopic (exact) mass is 353 g/mol. The van der Waals surface area contributed by atoms with Gasteiger partial charge in [0.1, 0.15) is 0 Å². The molecule has 0 aliphatic carbocycles. The van der Waals surface area contributed by atoms with Gasteiger partial charge in [-0.2, -0.15) is 0 Å². The van der Waals surface area contributed by atoms with Crippen molar-refractivity contribution in [1.82, 2.24) is 4.90 Å². The molecule has 0 bridgehead atoms. The number of carbonyl (C=O) groups excluding carboxylic acids is 2. The highest BCUT2D eigenvalue weighted by atomic mass is 16.5. The van der Waals surface area contributed by atoms with Gasteiger partial charge < -0.3 is 14.7 Å². The Morgan fingerprint density at radius 1 is 1.15 bits per heavy atom. The summed E-state index contributed by atoms with van der Waals surface area (Å²) in [5, 5.41) is 10.2. The van der Waals surface area contributed by atoms with E-state index in [9.17, 15) is 14.7 Å². The first kappa shape index (κ1) is 18.3. The van der Waals surface area contributed by atoms with Crippen LogP contribution < -0.4 is 0 Å². The van der Waals surface area contributed by atoms with E-state index in [1.54, 1.807) is 0 Å². The van der Waals surface area contributed by atoms with Crippen LogP contribution in [0.5, 0.6) is 0 Å². The lowest BCUT2D eigenvalue weighted by Crippen LogP contribution is -2.38. The molecule has 1 heterocycles. The van der Waals surface area contributed by atoms with E-state index in [0.717, 1.165) is 11.1 Å². The Morgan fingerprint density at radius 2 is 1.81 bits per heavy atom. The summed E-state index contributed by atoms with van der Waals surface area (Å²) in [6, 6.07) is 18.7. The molecule has 3 atom stereocenters. The molecule has 1 aliphatic heterocycles. The highest BCUT2D eigenvalue weighted by molar-refractivity contribution is 5.80. The number of aldehydes is 1. The minimum absolute atomic E-state index is 0.131. The van der Waals surface area contributed by atoms with Gasteiger partial charge in [0, 0.05) is 6.42 Å². The van der Waals surface area contributed by atoms with Crippen LogP contribution in [0.15, 0.2) is 60.7 Å². The van der Waals surface area contributed by atoms with Gasteiger partial charge in [-0.25, -0.2) is 0 Å². The average Bonchev–Trinajstić information content (AvgIpc) is 3.13. The van der Waals surface area contributed by atoms with Gasteiger partial charge in [0.25, 0.3) is 0 Å². The number of ether oxygens (including phenoxy) is 1. The van der Waals surface area contributed by atoms with Gasteiger partial charge >= 0.3 is 0 Å². The molecule has 26 heavy (non-hydrogen) atoms. The topological polar surface area (TPSA) is 66.8 Å². The minimum Gasteiger partial charge on any atom is -0.388 e. The Balaban J connectivity index is 1.60. The van der Waals surface area contributed by atoms with Crippen molar-refractivity contribution in [3.63, 3.8) is 0 Å². The van der Waals surface area contributed by atoms with Crippen molar-refractivity contribution in [2.75, 3.05) is 6.61 Å². The molecule has 1 amide bonds. The van der Waals surface area contributed by atoms with Crippen molar-refractivity contribution in [1.29, 1.82) is 0 Å². The maximum atomic E-state index is 12.7. The summed E-state index contributed by atoms with van der Waals surface area (Å²) in [6.45, 7) is 0.311. The van der Waals surface area contributed by atoms with E-state index in [1.807, 2.05) is 60.7 Å². The normalized spacial score (nSPS) is 20.7.